The molecule has 1 atom stereocenters. The lowest BCUT2D eigenvalue weighted by molar-refractivity contribution is -0.125. The molecular weight excluding hydrogens is 416 g/mol. The quantitative estimate of drug-likeness (QED) is 0.651. The van der Waals surface area contributed by atoms with Crippen molar-refractivity contribution in [3.05, 3.63) is 30.5 Å². The van der Waals surface area contributed by atoms with Crippen LogP contribution in [-0.2, 0) is 9.53 Å². The van der Waals surface area contributed by atoms with Crippen molar-refractivity contribution in [2.24, 2.45) is 5.41 Å². The first kappa shape index (κ1) is 23.3. The Morgan fingerprint density at radius 1 is 1.21 bits per heavy atom. The minimum atomic E-state index is -0.493. The van der Waals surface area contributed by atoms with Crippen LogP contribution in [-0.4, -0.2) is 55.9 Å². The molecule has 1 aromatic carbocycles. The van der Waals surface area contributed by atoms with Crippen LogP contribution in [0.15, 0.2) is 30.5 Å². The normalized spacial score (nSPS) is 19.3. The molecule has 1 unspecified atom stereocenters. The fraction of sp³-hybridized carbons (Fsp3) is 0.560. The molecule has 2 aromatic rings. The van der Waals surface area contributed by atoms with Gasteiger partial charge in [-0.05, 0) is 57.9 Å². The van der Waals surface area contributed by atoms with Crippen LogP contribution in [0.1, 0.15) is 46.5 Å². The summed E-state index contributed by atoms with van der Waals surface area (Å²) in [5.74, 6) is 1.47. The molecule has 0 bridgehead atoms. The van der Waals surface area contributed by atoms with Gasteiger partial charge in [-0.15, -0.1) is 0 Å². The Balaban J connectivity index is 1.63. The number of benzene rings is 1. The summed E-state index contributed by atoms with van der Waals surface area (Å²) in [7, 11) is 5.53. The minimum Gasteiger partial charge on any atom is -0.362 e. The molecule has 2 heterocycles. The number of methoxy groups -OCH3 is 1. The summed E-state index contributed by atoms with van der Waals surface area (Å²) in [5, 5.41) is 3.34. The van der Waals surface area contributed by atoms with E-state index in [1.165, 1.54) is 12.8 Å². The first-order valence-corrected chi connectivity index (χ1v) is 11.8. The number of carbonyl (C=O) groups is 1. The van der Waals surface area contributed by atoms with E-state index in [-0.39, 0.29) is 12.1 Å². The van der Waals surface area contributed by atoms with Gasteiger partial charge in [0.25, 0.3) is 0 Å². The van der Waals surface area contributed by atoms with E-state index in [4.69, 9.17) is 9.72 Å². The van der Waals surface area contributed by atoms with Crippen LogP contribution in [0, 0.1) is 5.41 Å². The van der Waals surface area contributed by atoms with Gasteiger partial charge >= 0.3 is 0 Å². The van der Waals surface area contributed by atoms with Gasteiger partial charge in [-0.25, -0.2) is 4.98 Å². The summed E-state index contributed by atoms with van der Waals surface area (Å²) < 4.78 is 5.40. The van der Waals surface area contributed by atoms with Crippen molar-refractivity contribution in [1.82, 2.24) is 9.97 Å². The molecule has 0 radical (unpaired) electrons. The Hall–Kier alpha value is -2.87. The van der Waals surface area contributed by atoms with Crippen LogP contribution in [0.4, 0.5) is 28.8 Å². The second-order valence-corrected chi connectivity index (χ2v) is 9.83. The first-order chi connectivity index (χ1) is 15.7. The SMILES string of the molecule is COC(C)N(C)c1ccc(Nc2ncc3c(n2)N(C2CCCC2)CC(C)(C)C(=O)N3C)cc1. The molecule has 2 aliphatic rings. The van der Waals surface area contributed by atoms with Crippen molar-refractivity contribution < 1.29 is 9.53 Å². The van der Waals surface area contributed by atoms with Gasteiger partial charge < -0.3 is 24.8 Å². The van der Waals surface area contributed by atoms with Gasteiger partial charge in [0.1, 0.15) is 11.9 Å². The number of amides is 1. The average molecular weight is 453 g/mol. The molecule has 178 valence electrons. The van der Waals surface area contributed by atoms with E-state index in [2.05, 4.69) is 20.1 Å². The van der Waals surface area contributed by atoms with Gasteiger partial charge in [0, 0.05) is 45.2 Å². The number of fused-ring (bicyclic) bond motifs is 1. The fourth-order valence-corrected chi connectivity index (χ4v) is 4.80. The third kappa shape index (κ3) is 4.62. The van der Waals surface area contributed by atoms with Crippen LogP contribution < -0.4 is 20.0 Å². The number of hydrogen-bond acceptors (Lipinski definition) is 7. The van der Waals surface area contributed by atoms with Gasteiger partial charge in [-0.2, -0.15) is 4.98 Å². The van der Waals surface area contributed by atoms with Gasteiger partial charge in [0.15, 0.2) is 5.82 Å². The second-order valence-electron chi connectivity index (χ2n) is 9.83. The van der Waals surface area contributed by atoms with Crippen molar-refractivity contribution in [3.8, 4) is 0 Å². The average Bonchev–Trinajstić information content (AvgIpc) is 3.33. The highest BCUT2D eigenvalue weighted by Crippen LogP contribution is 2.40. The van der Waals surface area contributed by atoms with E-state index in [1.54, 1.807) is 18.2 Å². The Kier molecular flexibility index (Phi) is 6.47. The number of carbonyl (C=O) groups excluding carboxylic acids is 1. The Morgan fingerprint density at radius 3 is 2.52 bits per heavy atom. The van der Waals surface area contributed by atoms with Crippen molar-refractivity contribution in [1.29, 1.82) is 0 Å². The highest BCUT2D eigenvalue weighted by molar-refractivity contribution is 6.00. The van der Waals surface area contributed by atoms with Crippen LogP contribution in [0.5, 0.6) is 0 Å². The van der Waals surface area contributed by atoms with Crippen LogP contribution in [0.2, 0.25) is 0 Å². The summed E-state index contributed by atoms with van der Waals surface area (Å²) in [6.07, 6.45) is 6.47. The Labute approximate surface area is 196 Å². The van der Waals surface area contributed by atoms with E-state index in [1.807, 2.05) is 59.1 Å². The van der Waals surface area contributed by atoms with E-state index in [0.29, 0.717) is 18.5 Å². The molecule has 0 saturated heterocycles. The number of hydrogen-bond donors (Lipinski definition) is 1. The van der Waals surface area contributed by atoms with Gasteiger partial charge in [0.2, 0.25) is 11.9 Å². The topological polar surface area (TPSA) is 73.8 Å². The summed E-state index contributed by atoms with van der Waals surface area (Å²) >= 11 is 0. The van der Waals surface area contributed by atoms with Crippen molar-refractivity contribution in [2.45, 2.75) is 58.7 Å². The lowest BCUT2D eigenvalue weighted by atomic mass is 9.91. The summed E-state index contributed by atoms with van der Waals surface area (Å²) in [6, 6.07) is 8.51. The molecule has 1 N–H and O–H groups in total. The zero-order valence-electron chi connectivity index (χ0n) is 20.6. The number of aromatic nitrogens is 2. The van der Waals surface area contributed by atoms with Gasteiger partial charge in [-0.1, -0.05) is 12.8 Å². The second kappa shape index (κ2) is 9.17. The van der Waals surface area contributed by atoms with E-state index in [9.17, 15) is 4.79 Å². The molecule has 1 saturated carbocycles. The van der Waals surface area contributed by atoms with Crippen LogP contribution in [0.25, 0.3) is 0 Å². The third-order valence-corrected chi connectivity index (χ3v) is 7.02. The standard InChI is InChI=1S/C25H36N6O2/c1-17(33-6)29(4)19-13-11-18(12-14-19)27-24-26-15-21-22(28-24)31(20-9-7-8-10-20)16-25(2,3)23(32)30(21)5/h11-15,17,20H,7-10,16H2,1-6H3,(H,26,27,28). The summed E-state index contributed by atoms with van der Waals surface area (Å²) in [6.45, 7) is 6.71. The maximum atomic E-state index is 13.1. The largest absolute Gasteiger partial charge is 0.362 e. The molecule has 1 aliphatic carbocycles. The van der Waals surface area contributed by atoms with E-state index >= 15 is 0 Å². The molecule has 1 fully saturated rings. The maximum absolute atomic E-state index is 13.1. The van der Waals surface area contributed by atoms with E-state index in [0.717, 1.165) is 35.7 Å². The molecule has 33 heavy (non-hydrogen) atoms. The maximum Gasteiger partial charge on any atom is 0.234 e. The van der Waals surface area contributed by atoms with Crippen molar-refractivity contribution in [3.63, 3.8) is 0 Å². The van der Waals surface area contributed by atoms with Crippen molar-refractivity contribution >= 4 is 34.7 Å². The highest BCUT2D eigenvalue weighted by Gasteiger charge is 2.41. The smallest absolute Gasteiger partial charge is 0.234 e. The minimum absolute atomic E-state index is 0.0118. The Bertz CT molecular complexity index is 987. The highest BCUT2D eigenvalue weighted by atomic mass is 16.5. The number of nitrogens with one attached hydrogen (secondary N) is 1. The number of rotatable bonds is 6. The molecular formula is C25H36N6O2. The third-order valence-electron chi connectivity index (χ3n) is 7.02. The number of nitrogens with zero attached hydrogens (tertiary/aromatic N) is 5. The van der Waals surface area contributed by atoms with Crippen molar-refractivity contribution in [2.75, 3.05) is 47.8 Å². The first-order valence-electron chi connectivity index (χ1n) is 11.8. The molecule has 8 nitrogen and oxygen atoms in total. The lowest BCUT2D eigenvalue weighted by Crippen LogP contribution is -2.45. The molecule has 1 aromatic heterocycles. The predicted octanol–water partition coefficient (Wildman–Crippen LogP) is 4.40. The summed E-state index contributed by atoms with van der Waals surface area (Å²) in [4.78, 5) is 28.7. The zero-order valence-corrected chi connectivity index (χ0v) is 20.6. The zero-order chi connectivity index (χ0) is 23.8. The monoisotopic (exact) mass is 452 g/mol. The number of anilines is 5. The van der Waals surface area contributed by atoms with E-state index < -0.39 is 5.41 Å². The van der Waals surface area contributed by atoms with Crippen LogP contribution >= 0.6 is 0 Å². The van der Waals surface area contributed by atoms with Crippen LogP contribution in [0.3, 0.4) is 0 Å². The number of ether oxygens (including phenoxy) is 1. The molecule has 1 aliphatic heterocycles. The summed E-state index contributed by atoms with van der Waals surface area (Å²) in [5.41, 5.74) is 2.25. The lowest BCUT2D eigenvalue weighted by Gasteiger charge is -2.34. The van der Waals surface area contributed by atoms with Gasteiger partial charge in [-0.3, -0.25) is 4.79 Å². The van der Waals surface area contributed by atoms with Gasteiger partial charge in [0.05, 0.1) is 11.6 Å². The predicted molar refractivity (Wildman–Crippen MR) is 133 cm³/mol. The molecule has 0 spiro atoms. The Morgan fingerprint density at radius 2 is 1.88 bits per heavy atom. The molecule has 8 heteroatoms. The fourth-order valence-electron chi connectivity index (χ4n) is 4.80. The molecule has 4 rings (SSSR count). The molecule has 1 amide bonds.